The SMILES string of the molecule is COc1cccc(CN2CC(C)(C)NCC2C)n1. The predicted octanol–water partition coefficient (Wildman–Crippen LogP) is 1.66. The first-order valence-electron chi connectivity index (χ1n) is 6.49. The molecule has 4 heteroatoms. The van der Waals surface area contributed by atoms with Gasteiger partial charge < -0.3 is 10.1 Å². The Hall–Kier alpha value is -1.13. The molecule has 1 aliphatic rings. The lowest BCUT2D eigenvalue weighted by Crippen LogP contribution is -2.60. The largest absolute Gasteiger partial charge is 0.481 e. The molecule has 0 aliphatic carbocycles. The Bertz CT molecular complexity index is 406. The number of rotatable bonds is 3. The van der Waals surface area contributed by atoms with Gasteiger partial charge in [0.1, 0.15) is 0 Å². The summed E-state index contributed by atoms with van der Waals surface area (Å²) in [5, 5.41) is 3.56. The molecule has 1 unspecified atom stereocenters. The monoisotopic (exact) mass is 249 g/mol. The molecule has 18 heavy (non-hydrogen) atoms. The maximum atomic E-state index is 5.17. The number of piperazine rings is 1. The molecule has 1 N–H and O–H groups in total. The van der Waals surface area contributed by atoms with Crippen molar-refractivity contribution in [1.82, 2.24) is 15.2 Å². The van der Waals surface area contributed by atoms with Crippen LogP contribution in [-0.2, 0) is 6.54 Å². The van der Waals surface area contributed by atoms with Crippen molar-refractivity contribution in [2.45, 2.75) is 38.9 Å². The van der Waals surface area contributed by atoms with Crippen molar-refractivity contribution in [2.75, 3.05) is 20.2 Å². The molecule has 4 nitrogen and oxygen atoms in total. The summed E-state index contributed by atoms with van der Waals surface area (Å²) in [6.45, 7) is 9.67. The van der Waals surface area contributed by atoms with Crippen LogP contribution in [0.5, 0.6) is 5.88 Å². The molecule has 1 aromatic rings. The standard InChI is InChI=1S/C14H23N3O/c1-11-8-15-14(2,3)10-17(11)9-12-6-5-7-13(16-12)18-4/h5-7,11,15H,8-10H2,1-4H3. The van der Waals surface area contributed by atoms with E-state index in [2.05, 4.69) is 42.0 Å². The third kappa shape index (κ3) is 3.21. The molecular formula is C14H23N3O. The quantitative estimate of drug-likeness (QED) is 0.884. The fourth-order valence-corrected chi connectivity index (χ4v) is 2.35. The zero-order valence-electron chi connectivity index (χ0n) is 11.7. The first-order chi connectivity index (χ1) is 8.50. The second kappa shape index (κ2) is 5.24. The second-order valence-electron chi connectivity index (χ2n) is 5.69. The number of nitrogens with one attached hydrogen (secondary N) is 1. The van der Waals surface area contributed by atoms with Gasteiger partial charge in [0.05, 0.1) is 12.8 Å². The van der Waals surface area contributed by atoms with Crippen LogP contribution in [0.15, 0.2) is 18.2 Å². The summed E-state index contributed by atoms with van der Waals surface area (Å²) < 4.78 is 5.17. The molecular weight excluding hydrogens is 226 g/mol. The normalized spacial score (nSPS) is 23.9. The van der Waals surface area contributed by atoms with Crippen LogP contribution in [0.25, 0.3) is 0 Å². The van der Waals surface area contributed by atoms with Gasteiger partial charge in [0.25, 0.3) is 0 Å². The number of methoxy groups -OCH3 is 1. The fraction of sp³-hybridized carbons (Fsp3) is 0.643. The Morgan fingerprint density at radius 1 is 1.50 bits per heavy atom. The van der Waals surface area contributed by atoms with Crippen LogP contribution in [-0.4, -0.2) is 41.7 Å². The number of hydrogen-bond acceptors (Lipinski definition) is 4. The van der Waals surface area contributed by atoms with Gasteiger partial charge in [-0.3, -0.25) is 4.90 Å². The van der Waals surface area contributed by atoms with Gasteiger partial charge in [0, 0.05) is 37.3 Å². The molecule has 1 atom stereocenters. The first kappa shape index (κ1) is 13.3. The number of pyridine rings is 1. The molecule has 1 aliphatic heterocycles. The molecule has 0 bridgehead atoms. The van der Waals surface area contributed by atoms with Gasteiger partial charge in [-0.15, -0.1) is 0 Å². The van der Waals surface area contributed by atoms with Crippen molar-refractivity contribution in [3.8, 4) is 5.88 Å². The van der Waals surface area contributed by atoms with Gasteiger partial charge in [-0.2, -0.15) is 0 Å². The third-order valence-electron chi connectivity index (χ3n) is 3.45. The van der Waals surface area contributed by atoms with E-state index in [9.17, 15) is 0 Å². The van der Waals surface area contributed by atoms with Crippen LogP contribution >= 0.6 is 0 Å². The molecule has 0 radical (unpaired) electrons. The maximum absolute atomic E-state index is 5.17. The van der Waals surface area contributed by atoms with Gasteiger partial charge in [0.2, 0.25) is 5.88 Å². The first-order valence-corrected chi connectivity index (χ1v) is 6.49. The maximum Gasteiger partial charge on any atom is 0.213 e. The summed E-state index contributed by atoms with van der Waals surface area (Å²) in [5.41, 5.74) is 1.24. The average molecular weight is 249 g/mol. The van der Waals surface area contributed by atoms with Crippen molar-refractivity contribution in [1.29, 1.82) is 0 Å². The van der Waals surface area contributed by atoms with E-state index in [1.54, 1.807) is 7.11 Å². The third-order valence-corrected chi connectivity index (χ3v) is 3.45. The lowest BCUT2D eigenvalue weighted by Gasteiger charge is -2.43. The van der Waals surface area contributed by atoms with Crippen LogP contribution in [0.2, 0.25) is 0 Å². The summed E-state index contributed by atoms with van der Waals surface area (Å²) in [6, 6.07) is 6.48. The number of ether oxygens (including phenoxy) is 1. The fourth-order valence-electron chi connectivity index (χ4n) is 2.35. The molecule has 0 spiro atoms. The van der Waals surface area contributed by atoms with Crippen molar-refractivity contribution < 1.29 is 4.74 Å². The highest BCUT2D eigenvalue weighted by Crippen LogP contribution is 2.18. The van der Waals surface area contributed by atoms with Crippen molar-refractivity contribution in [3.63, 3.8) is 0 Å². The Labute approximate surface area is 109 Å². The van der Waals surface area contributed by atoms with E-state index in [0.717, 1.165) is 25.3 Å². The van der Waals surface area contributed by atoms with E-state index < -0.39 is 0 Å². The molecule has 1 saturated heterocycles. The number of aromatic nitrogens is 1. The lowest BCUT2D eigenvalue weighted by molar-refractivity contribution is 0.0963. The minimum Gasteiger partial charge on any atom is -0.481 e. The topological polar surface area (TPSA) is 37.4 Å². The van der Waals surface area contributed by atoms with Crippen molar-refractivity contribution >= 4 is 0 Å². The van der Waals surface area contributed by atoms with E-state index in [1.807, 2.05) is 12.1 Å². The Morgan fingerprint density at radius 3 is 3.00 bits per heavy atom. The number of nitrogens with zero attached hydrogens (tertiary/aromatic N) is 2. The molecule has 2 rings (SSSR count). The summed E-state index contributed by atoms with van der Waals surface area (Å²) in [7, 11) is 1.66. The molecule has 0 amide bonds. The highest BCUT2D eigenvalue weighted by Gasteiger charge is 2.30. The van der Waals surface area contributed by atoms with E-state index in [-0.39, 0.29) is 5.54 Å². The van der Waals surface area contributed by atoms with Crippen LogP contribution < -0.4 is 10.1 Å². The van der Waals surface area contributed by atoms with Crippen molar-refractivity contribution in [2.24, 2.45) is 0 Å². The van der Waals surface area contributed by atoms with Gasteiger partial charge in [0.15, 0.2) is 0 Å². The summed E-state index contributed by atoms with van der Waals surface area (Å²) in [4.78, 5) is 6.95. The zero-order valence-corrected chi connectivity index (χ0v) is 11.7. The van der Waals surface area contributed by atoms with Gasteiger partial charge in [-0.25, -0.2) is 4.98 Å². The molecule has 0 aromatic carbocycles. The lowest BCUT2D eigenvalue weighted by atomic mass is 9.99. The zero-order chi connectivity index (χ0) is 13.2. The summed E-state index contributed by atoms with van der Waals surface area (Å²) in [5.74, 6) is 0.689. The number of hydrogen-bond donors (Lipinski definition) is 1. The smallest absolute Gasteiger partial charge is 0.213 e. The van der Waals surface area contributed by atoms with Crippen molar-refractivity contribution in [3.05, 3.63) is 23.9 Å². The van der Waals surface area contributed by atoms with Gasteiger partial charge in [-0.1, -0.05) is 6.07 Å². The highest BCUT2D eigenvalue weighted by atomic mass is 16.5. The summed E-state index contributed by atoms with van der Waals surface area (Å²) >= 11 is 0. The molecule has 100 valence electrons. The van der Waals surface area contributed by atoms with E-state index >= 15 is 0 Å². The van der Waals surface area contributed by atoms with Crippen LogP contribution in [0.3, 0.4) is 0 Å². The van der Waals surface area contributed by atoms with E-state index in [0.29, 0.717) is 11.9 Å². The Kier molecular flexibility index (Phi) is 3.88. The minimum absolute atomic E-state index is 0.172. The second-order valence-corrected chi connectivity index (χ2v) is 5.69. The van der Waals surface area contributed by atoms with E-state index in [4.69, 9.17) is 4.74 Å². The molecule has 1 fully saturated rings. The van der Waals surface area contributed by atoms with Crippen LogP contribution in [0, 0.1) is 0 Å². The predicted molar refractivity (Wildman–Crippen MR) is 72.7 cm³/mol. The minimum atomic E-state index is 0.172. The Morgan fingerprint density at radius 2 is 2.28 bits per heavy atom. The highest BCUT2D eigenvalue weighted by molar-refractivity contribution is 5.16. The Balaban J connectivity index is 2.07. The van der Waals surface area contributed by atoms with Gasteiger partial charge in [-0.05, 0) is 26.8 Å². The molecule has 0 saturated carbocycles. The summed E-state index contributed by atoms with van der Waals surface area (Å²) in [6.07, 6.45) is 0. The molecule has 2 heterocycles. The average Bonchev–Trinajstić information content (AvgIpc) is 2.34. The van der Waals surface area contributed by atoms with E-state index in [1.165, 1.54) is 0 Å². The van der Waals surface area contributed by atoms with Crippen LogP contribution in [0.1, 0.15) is 26.5 Å². The van der Waals surface area contributed by atoms with Gasteiger partial charge >= 0.3 is 0 Å². The molecule has 1 aromatic heterocycles. The van der Waals surface area contributed by atoms with Crippen LogP contribution in [0.4, 0.5) is 0 Å².